The molecule has 2 heteroatoms. The zero-order valence-electron chi connectivity index (χ0n) is 16.6. The number of fused-ring (bicyclic) bond motifs is 1. The molecule has 2 aromatic rings. The molecule has 142 valence electrons. The molecule has 0 aromatic heterocycles. The molecule has 1 aliphatic carbocycles. The van der Waals surface area contributed by atoms with Crippen molar-refractivity contribution >= 4 is 17.6 Å². The minimum atomic E-state index is 0.506. The van der Waals surface area contributed by atoms with Crippen LogP contribution in [0.25, 0.3) is 0 Å². The lowest BCUT2D eigenvalue weighted by atomic mass is 9.76. The number of hydrogen-bond donors (Lipinski definition) is 1. The molecule has 0 amide bonds. The molecule has 3 rings (SSSR count). The summed E-state index contributed by atoms with van der Waals surface area (Å²) in [5.74, 6) is 1.05. The predicted molar refractivity (Wildman–Crippen MR) is 121 cm³/mol. The first-order chi connectivity index (χ1) is 13.2. The van der Waals surface area contributed by atoms with E-state index in [-0.39, 0.29) is 0 Å². The highest BCUT2D eigenvalue weighted by molar-refractivity contribution is 7.99. The summed E-state index contributed by atoms with van der Waals surface area (Å²) >= 11 is 1.64. The molecule has 1 aliphatic rings. The van der Waals surface area contributed by atoms with Gasteiger partial charge in [-0.2, -0.15) is 0 Å². The highest BCUT2D eigenvalue weighted by Crippen LogP contribution is 2.42. The Kier molecular flexibility index (Phi) is 7.23. The van der Waals surface area contributed by atoms with Crippen LogP contribution in [-0.4, -0.2) is 6.26 Å². The Bertz CT molecular complexity index is 792. The van der Waals surface area contributed by atoms with E-state index in [0.29, 0.717) is 11.8 Å². The van der Waals surface area contributed by atoms with Gasteiger partial charge in [-0.25, -0.2) is 0 Å². The van der Waals surface area contributed by atoms with Crippen LogP contribution in [0.1, 0.15) is 48.8 Å². The molecule has 0 saturated heterocycles. The SMILES string of the molecule is C=C1CCc2ccccc2C(Cc2cccc(NSC)c2)C1CC/C=C\C. The first-order valence-corrected chi connectivity index (χ1v) is 11.2. The van der Waals surface area contributed by atoms with Crippen LogP contribution < -0.4 is 4.72 Å². The first-order valence-electron chi connectivity index (χ1n) is 9.97. The fourth-order valence-corrected chi connectivity index (χ4v) is 4.70. The number of aryl methyl sites for hydroxylation is 1. The average molecular weight is 378 g/mol. The third-order valence-corrected chi connectivity index (χ3v) is 6.10. The maximum Gasteiger partial charge on any atom is 0.0442 e. The Morgan fingerprint density at radius 1 is 1.11 bits per heavy atom. The summed E-state index contributed by atoms with van der Waals surface area (Å²) in [6.45, 7) is 6.63. The van der Waals surface area contributed by atoms with Gasteiger partial charge in [0.2, 0.25) is 0 Å². The Balaban J connectivity index is 1.94. The van der Waals surface area contributed by atoms with Crippen molar-refractivity contribution in [3.05, 3.63) is 89.5 Å². The van der Waals surface area contributed by atoms with Crippen LogP contribution in [0.2, 0.25) is 0 Å². The van der Waals surface area contributed by atoms with Crippen molar-refractivity contribution < 1.29 is 0 Å². The summed E-state index contributed by atoms with van der Waals surface area (Å²) in [6.07, 6.45) is 12.2. The number of allylic oxidation sites excluding steroid dienone is 3. The van der Waals surface area contributed by atoms with Crippen LogP contribution in [0.3, 0.4) is 0 Å². The molecular formula is C25H31NS. The fourth-order valence-electron chi connectivity index (χ4n) is 4.34. The van der Waals surface area contributed by atoms with E-state index in [9.17, 15) is 0 Å². The Labute approximate surface area is 169 Å². The number of rotatable bonds is 7. The lowest BCUT2D eigenvalue weighted by Crippen LogP contribution is -2.17. The van der Waals surface area contributed by atoms with Gasteiger partial charge in [-0.1, -0.05) is 72.7 Å². The molecule has 0 radical (unpaired) electrons. The van der Waals surface area contributed by atoms with Gasteiger partial charge in [0.15, 0.2) is 0 Å². The van der Waals surface area contributed by atoms with E-state index >= 15 is 0 Å². The van der Waals surface area contributed by atoms with Gasteiger partial charge in [0.1, 0.15) is 0 Å². The largest absolute Gasteiger partial charge is 0.330 e. The maximum atomic E-state index is 4.52. The summed E-state index contributed by atoms with van der Waals surface area (Å²) in [6, 6.07) is 17.9. The Morgan fingerprint density at radius 2 is 1.96 bits per heavy atom. The number of benzene rings is 2. The molecule has 27 heavy (non-hydrogen) atoms. The monoisotopic (exact) mass is 377 g/mol. The minimum Gasteiger partial charge on any atom is -0.330 e. The van der Waals surface area contributed by atoms with Crippen LogP contribution in [0.5, 0.6) is 0 Å². The Hall–Kier alpha value is -1.93. The van der Waals surface area contributed by atoms with Gasteiger partial charge in [-0.15, -0.1) is 0 Å². The van der Waals surface area contributed by atoms with E-state index in [1.54, 1.807) is 11.9 Å². The van der Waals surface area contributed by atoms with E-state index in [4.69, 9.17) is 0 Å². The molecule has 0 fully saturated rings. The normalized spacial score (nSPS) is 19.7. The fraction of sp³-hybridized carbons (Fsp3) is 0.360. The molecule has 0 bridgehead atoms. The zero-order valence-corrected chi connectivity index (χ0v) is 17.4. The second-order valence-electron chi connectivity index (χ2n) is 7.43. The highest BCUT2D eigenvalue weighted by atomic mass is 32.2. The van der Waals surface area contributed by atoms with Gasteiger partial charge in [0.25, 0.3) is 0 Å². The third kappa shape index (κ3) is 5.07. The minimum absolute atomic E-state index is 0.506. The van der Waals surface area contributed by atoms with Gasteiger partial charge >= 0.3 is 0 Å². The van der Waals surface area contributed by atoms with Crippen LogP contribution in [0.15, 0.2) is 72.8 Å². The predicted octanol–water partition coefficient (Wildman–Crippen LogP) is 7.18. The average Bonchev–Trinajstić information content (AvgIpc) is 2.81. The van der Waals surface area contributed by atoms with Gasteiger partial charge in [0.05, 0.1) is 0 Å². The molecule has 1 N–H and O–H groups in total. The summed E-state index contributed by atoms with van der Waals surface area (Å²) in [5.41, 5.74) is 7.06. The van der Waals surface area contributed by atoms with E-state index in [2.05, 4.69) is 85.2 Å². The summed E-state index contributed by atoms with van der Waals surface area (Å²) < 4.78 is 3.37. The van der Waals surface area contributed by atoms with Gasteiger partial charge in [-0.3, -0.25) is 0 Å². The molecule has 1 nitrogen and oxygen atoms in total. The quantitative estimate of drug-likeness (QED) is 0.311. The standard InChI is InChI=1S/C25H31NS/c1-4-5-6-13-23-19(2)15-16-21-11-7-8-14-24(21)25(23)18-20-10-9-12-22(17-20)26-27-3/h4-5,7-12,14,17,23,25-26H,2,6,13,15-16,18H2,1,3H3/b5-4-. The Morgan fingerprint density at radius 3 is 2.78 bits per heavy atom. The molecule has 0 spiro atoms. The van der Waals surface area contributed by atoms with Crippen molar-refractivity contribution in [1.29, 1.82) is 0 Å². The molecular weight excluding hydrogens is 346 g/mol. The van der Waals surface area contributed by atoms with E-state index in [1.165, 1.54) is 34.4 Å². The lowest BCUT2D eigenvalue weighted by molar-refractivity contribution is 0.450. The van der Waals surface area contributed by atoms with Crippen LogP contribution in [0.4, 0.5) is 5.69 Å². The van der Waals surface area contributed by atoms with Crippen molar-refractivity contribution in [2.75, 3.05) is 11.0 Å². The van der Waals surface area contributed by atoms with E-state index in [1.807, 2.05) is 0 Å². The van der Waals surface area contributed by atoms with Crippen molar-refractivity contribution in [3.8, 4) is 0 Å². The van der Waals surface area contributed by atoms with Crippen molar-refractivity contribution in [3.63, 3.8) is 0 Å². The van der Waals surface area contributed by atoms with Crippen molar-refractivity contribution in [2.24, 2.45) is 5.92 Å². The van der Waals surface area contributed by atoms with Crippen LogP contribution in [-0.2, 0) is 12.8 Å². The molecule has 0 saturated carbocycles. The topological polar surface area (TPSA) is 12.0 Å². The lowest BCUT2D eigenvalue weighted by Gasteiger charge is -2.28. The van der Waals surface area contributed by atoms with Gasteiger partial charge in [-0.05, 0) is 79.7 Å². The number of hydrogen-bond acceptors (Lipinski definition) is 2. The molecule has 2 atom stereocenters. The van der Waals surface area contributed by atoms with Crippen LogP contribution >= 0.6 is 11.9 Å². The zero-order chi connectivity index (χ0) is 19.1. The molecule has 0 heterocycles. The summed E-state index contributed by atoms with van der Waals surface area (Å²) in [7, 11) is 0. The van der Waals surface area contributed by atoms with Crippen molar-refractivity contribution in [1.82, 2.24) is 0 Å². The second-order valence-corrected chi connectivity index (χ2v) is 8.04. The van der Waals surface area contributed by atoms with Crippen molar-refractivity contribution in [2.45, 2.75) is 44.9 Å². The van der Waals surface area contributed by atoms with Gasteiger partial charge in [0, 0.05) is 11.9 Å². The summed E-state index contributed by atoms with van der Waals surface area (Å²) in [4.78, 5) is 0. The molecule has 0 aliphatic heterocycles. The third-order valence-electron chi connectivity index (χ3n) is 5.66. The van der Waals surface area contributed by atoms with Crippen LogP contribution in [0, 0.1) is 5.92 Å². The smallest absolute Gasteiger partial charge is 0.0442 e. The maximum absolute atomic E-state index is 4.52. The first kappa shape index (κ1) is 19.8. The number of nitrogens with one attached hydrogen (secondary N) is 1. The molecule has 2 unspecified atom stereocenters. The summed E-state index contributed by atoms with van der Waals surface area (Å²) in [5, 5.41) is 0. The van der Waals surface area contributed by atoms with E-state index < -0.39 is 0 Å². The molecule has 2 aromatic carbocycles. The second kappa shape index (κ2) is 9.85. The van der Waals surface area contributed by atoms with Gasteiger partial charge < -0.3 is 4.72 Å². The highest BCUT2D eigenvalue weighted by Gasteiger charge is 2.29. The number of anilines is 1. The van der Waals surface area contributed by atoms with E-state index in [0.717, 1.165) is 25.7 Å².